The molecule has 7 heteroatoms. The van der Waals surface area contributed by atoms with E-state index in [4.69, 9.17) is 0 Å². The van der Waals surface area contributed by atoms with Gasteiger partial charge in [0.25, 0.3) is 0 Å². The van der Waals surface area contributed by atoms with E-state index in [1.807, 2.05) is 30.8 Å². The number of rotatable bonds is 6. The molecule has 1 fully saturated rings. The quantitative estimate of drug-likeness (QED) is 0.730. The highest BCUT2D eigenvalue weighted by Crippen LogP contribution is 2.47. The zero-order valence-corrected chi connectivity index (χ0v) is 14.9. The summed E-state index contributed by atoms with van der Waals surface area (Å²) >= 11 is 0. The van der Waals surface area contributed by atoms with Gasteiger partial charge in [0.1, 0.15) is 0 Å². The van der Waals surface area contributed by atoms with Crippen LogP contribution in [0.25, 0.3) is 11.3 Å². The molecule has 1 aliphatic carbocycles. The first-order valence-corrected chi connectivity index (χ1v) is 8.68. The Balaban J connectivity index is 1.57. The Morgan fingerprint density at radius 1 is 1.19 bits per heavy atom. The van der Waals surface area contributed by atoms with Crippen molar-refractivity contribution < 1.29 is 4.39 Å². The van der Waals surface area contributed by atoms with Crippen molar-refractivity contribution in [1.29, 1.82) is 0 Å². The zero-order valence-electron chi connectivity index (χ0n) is 14.9. The van der Waals surface area contributed by atoms with Gasteiger partial charge in [-0.25, -0.2) is 9.97 Å². The van der Waals surface area contributed by atoms with Crippen molar-refractivity contribution in [2.24, 2.45) is 5.41 Å². The van der Waals surface area contributed by atoms with Crippen LogP contribution in [0.3, 0.4) is 0 Å². The predicted octanol–water partition coefficient (Wildman–Crippen LogP) is 3.85. The maximum absolute atomic E-state index is 13.1. The number of halogens is 1. The van der Waals surface area contributed by atoms with E-state index in [2.05, 4.69) is 25.4 Å². The van der Waals surface area contributed by atoms with Crippen LogP contribution in [0.4, 0.5) is 16.0 Å². The summed E-state index contributed by atoms with van der Waals surface area (Å²) in [6.07, 6.45) is 10.9. The summed E-state index contributed by atoms with van der Waals surface area (Å²) in [5.41, 5.74) is 4.39. The molecule has 0 bridgehead atoms. The van der Waals surface area contributed by atoms with E-state index in [1.54, 1.807) is 24.8 Å². The lowest BCUT2D eigenvalue weighted by Crippen LogP contribution is -2.13. The summed E-state index contributed by atoms with van der Waals surface area (Å²) in [5, 5.41) is 7.58. The number of anilines is 2. The lowest BCUT2D eigenvalue weighted by molar-refractivity contribution is 0.294. The second-order valence-corrected chi connectivity index (χ2v) is 7.16. The molecule has 0 saturated heterocycles. The maximum atomic E-state index is 13.1. The van der Waals surface area contributed by atoms with Gasteiger partial charge in [-0.2, -0.15) is 5.10 Å². The summed E-state index contributed by atoms with van der Waals surface area (Å²) in [6, 6.07) is 1.99. The lowest BCUT2D eigenvalue weighted by atomic mass is 10.1. The summed E-state index contributed by atoms with van der Waals surface area (Å²) in [5.74, 6) is 0.508. The molecule has 6 nitrogen and oxygen atoms in total. The van der Waals surface area contributed by atoms with Gasteiger partial charge in [0, 0.05) is 36.1 Å². The van der Waals surface area contributed by atoms with Crippen LogP contribution in [-0.2, 0) is 6.54 Å². The van der Waals surface area contributed by atoms with Gasteiger partial charge < -0.3 is 5.32 Å². The Bertz CT molecular complexity index is 931. The number of hydrogen-bond acceptors (Lipinski definition) is 5. The van der Waals surface area contributed by atoms with E-state index in [9.17, 15) is 4.39 Å². The normalized spacial score (nSPS) is 15.0. The van der Waals surface area contributed by atoms with Gasteiger partial charge in [-0.15, -0.1) is 0 Å². The van der Waals surface area contributed by atoms with Gasteiger partial charge in [0.2, 0.25) is 5.95 Å². The van der Waals surface area contributed by atoms with E-state index in [-0.39, 0.29) is 12.1 Å². The van der Waals surface area contributed by atoms with E-state index in [0.29, 0.717) is 12.5 Å². The first-order chi connectivity index (χ1) is 12.6. The van der Waals surface area contributed by atoms with E-state index >= 15 is 0 Å². The molecule has 0 aromatic carbocycles. The van der Waals surface area contributed by atoms with Crippen molar-refractivity contribution in [3.8, 4) is 11.3 Å². The minimum atomic E-state index is -0.284. The maximum Gasteiger partial charge on any atom is 0.227 e. The number of alkyl halides is 1. The molecule has 0 aliphatic heterocycles. The molecule has 0 radical (unpaired) electrons. The summed E-state index contributed by atoms with van der Waals surface area (Å²) in [6.45, 7) is 4.29. The smallest absolute Gasteiger partial charge is 0.227 e. The zero-order chi connectivity index (χ0) is 18.1. The van der Waals surface area contributed by atoms with Crippen molar-refractivity contribution in [2.75, 3.05) is 12.0 Å². The number of nitrogens with one attached hydrogen (secondary N) is 1. The molecule has 1 N–H and O–H groups in total. The van der Waals surface area contributed by atoms with Crippen LogP contribution < -0.4 is 5.32 Å². The fraction of sp³-hybridized carbons (Fsp3) is 0.368. The topological polar surface area (TPSA) is 68.5 Å². The molecular formula is C19H21FN6. The summed E-state index contributed by atoms with van der Waals surface area (Å²) < 4.78 is 14.9. The SMILES string of the molecule is Cc1cncc(Nc2ncc(C)c(-c3cnn(CC4(CF)CC4)c3)n2)c1. The average molecular weight is 352 g/mol. The highest BCUT2D eigenvalue weighted by molar-refractivity contribution is 5.63. The van der Waals surface area contributed by atoms with Crippen molar-refractivity contribution in [1.82, 2.24) is 24.7 Å². The minimum absolute atomic E-state index is 0.200. The highest BCUT2D eigenvalue weighted by Gasteiger charge is 2.43. The number of pyridine rings is 1. The van der Waals surface area contributed by atoms with Crippen LogP contribution in [-0.4, -0.2) is 31.4 Å². The first kappa shape index (κ1) is 16.6. The second-order valence-electron chi connectivity index (χ2n) is 7.16. The fourth-order valence-corrected chi connectivity index (χ4v) is 2.97. The molecule has 4 rings (SSSR count). The molecule has 0 amide bonds. The summed E-state index contributed by atoms with van der Waals surface area (Å²) in [4.78, 5) is 13.2. The molecule has 1 aliphatic rings. The third-order valence-corrected chi connectivity index (χ3v) is 4.75. The predicted molar refractivity (Wildman–Crippen MR) is 97.9 cm³/mol. The molecule has 26 heavy (non-hydrogen) atoms. The molecule has 3 aromatic rings. The molecule has 3 aromatic heterocycles. The van der Waals surface area contributed by atoms with Gasteiger partial charge in [-0.05, 0) is 43.9 Å². The van der Waals surface area contributed by atoms with Gasteiger partial charge in [-0.3, -0.25) is 14.1 Å². The second kappa shape index (κ2) is 6.48. The van der Waals surface area contributed by atoms with Gasteiger partial charge in [0.05, 0.1) is 30.4 Å². The number of hydrogen-bond donors (Lipinski definition) is 1. The van der Waals surface area contributed by atoms with Crippen molar-refractivity contribution in [2.45, 2.75) is 33.2 Å². The van der Waals surface area contributed by atoms with E-state index in [1.165, 1.54) is 0 Å². The average Bonchev–Trinajstić information content (AvgIpc) is 3.25. The van der Waals surface area contributed by atoms with Crippen molar-refractivity contribution >= 4 is 11.6 Å². The van der Waals surface area contributed by atoms with E-state index < -0.39 is 0 Å². The van der Waals surface area contributed by atoms with Crippen molar-refractivity contribution in [3.05, 3.63) is 48.2 Å². The van der Waals surface area contributed by atoms with Crippen molar-refractivity contribution in [3.63, 3.8) is 0 Å². The van der Waals surface area contributed by atoms with Gasteiger partial charge in [-0.1, -0.05) is 0 Å². The van der Waals surface area contributed by atoms with Gasteiger partial charge in [0.15, 0.2) is 0 Å². The Morgan fingerprint density at radius 2 is 2.04 bits per heavy atom. The standard InChI is InChI=1S/C19H21FN6/c1-13-5-16(9-21-6-13)24-18-22-7-14(2)17(25-18)15-8-23-26(10-15)12-19(11-20)3-4-19/h5-10H,3-4,11-12H2,1-2H3,(H,22,24,25). The van der Waals surface area contributed by atoms with Crippen LogP contribution in [0.2, 0.25) is 0 Å². The molecule has 0 unspecified atom stereocenters. The minimum Gasteiger partial charge on any atom is -0.323 e. The van der Waals surface area contributed by atoms with Gasteiger partial charge >= 0.3 is 0 Å². The highest BCUT2D eigenvalue weighted by atomic mass is 19.1. The van der Waals surface area contributed by atoms with Crippen LogP contribution >= 0.6 is 0 Å². The Hall–Kier alpha value is -2.83. The van der Waals surface area contributed by atoms with Crippen LogP contribution in [0.1, 0.15) is 24.0 Å². The third-order valence-electron chi connectivity index (χ3n) is 4.75. The van der Waals surface area contributed by atoms with E-state index in [0.717, 1.165) is 40.9 Å². The van der Waals surface area contributed by atoms with Crippen LogP contribution in [0, 0.1) is 19.3 Å². The molecule has 0 atom stereocenters. The van der Waals surface area contributed by atoms with Crippen LogP contribution in [0.15, 0.2) is 37.1 Å². The lowest BCUT2D eigenvalue weighted by Gasteiger charge is -2.10. The largest absolute Gasteiger partial charge is 0.323 e. The Kier molecular flexibility index (Phi) is 4.14. The number of aromatic nitrogens is 5. The Labute approximate surface area is 151 Å². The summed E-state index contributed by atoms with van der Waals surface area (Å²) in [7, 11) is 0. The monoisotopic (exact) mass is 352 g/mol. The Morgan fingerprint density at radius 3 is 2.77 bits per heavy atom. The number of aryl methyl sites for hydroxylation is 2. The van der Waals surface area contributed by atoms with Crippen LogP contribution in [0.5, 0.6) is 0 Å². The molecule has 3 heterocycles. The molecule has 0 spiro atoms. The number of nitrogens with zero attached hydrogens (tertiary/aromatic N) is 5. The molecule has 1 saturated carbocycles. The molecular weight excluding hydrogens is 331 g/mol. The molecule has 134 valence electrons. The first-order valence-electron chi connectivity index (χ1n) is 8.68. The third kappa shape index (κ3) is 3.42. The fourth-order valence-electron chi connectivity index (χ4n) is 2.97.